The summed E-state index contributed by atoms with van der Waals surface area (Å²) in [5.74, 6) is -0.768. The molecule has 0 aliphatic carbocycles. The van der Waals surface area contributed by atoms with E-state index in [0.29, 0.717) is 4.31 Å². The molecule has 20 heavy (non-hydrogen) atoms. The number of amidine groups is 1. The SMILES string of the molecule is CCS(=O)(=O)N(CC(=N)N)c1cccc(C(F)(F)F)c1. The van der Waals surface area contributed by atoms with Crippen LogP contribution >= 0.6 is 0 Å². The summed E-state index contributed by atoms with van der Waals surface area (Å²) >= 11 is 0. The van der Waals surface area contributed by atoms with Crippen LogP contribution in [0.1, 0.15) is 12.5 Å². The van der Waals surface area contributed by atoms with Crippen LogP contribution in [0.4, 0.5) is 18.9 Å². The van der Waals surface area contributed by atoms with Crippen molar-refractivity contribution in [1.29, 1.82) is 5.41 Å². The molecule has 0 aliphatic heterocycles. The third-order valence-electron chi connectivity index (χ3n) is 2.48. The van der Waals surface area contributed by atoms with Gasteiger partial charge in [-0.3, -0.25) is 9.71 Å². The molecule has 0 amide bonds. The van der Waals surface area contributed by atoms with E-state index in [2.05, 4.69) is 0 Å². The molecule has 0 fully saturated rings. The van der Waals surface area contributed by atoms with Crippen LogP contribution in [0.15, 0.2) is 24.3 Å². The molecule has 0 atom stereocenters. The predicted molar refractivity (Wildman–Crippen MR) is 70.2 cm³/mol. The first-order valence-electron chi connectivity index (χ1n) is 5.58. The lowest BCUT2D eigenvalue weighted by Gasteiger charge is -2.24. The summed E-state index contributed by atoms with van der Waals surface area (Å²) in [5, 5.41) is 7.16. The van der Waals surface area contributed by atoms with Gasteiger partial charge in [0.2, 0.25) is 10.0 Å². The highest BCUT2D eigenvalue weighted by Gasteiger charge is 2.32. The lowest BCUT2D eigenvalue weighted by Crippen LogP contribution is -2.39. The van der Waals surface area contributed by atoms with Crippen molar-refractivity contribution in [3.05, 3.63) is 29.8 Å². The molecule has 0 aromatic heterocycles. The minimum absolute atomic E-state index is 0.170. The average Bonchev–Trinajstić information content (AvgIpc) is 2.34. The summed E-state index contributed by atoms with van der Waals surface area (Å²) in [6, 6.07) is 3.89. The predicted octanol–water partition coefficient (Wildman–Crippen LogP) is 1.80. The summed E-state index contributed by atoms with van der Waals surface area (Å²) in [6.07, 6.45) is -4.58. The zero-order valence-corrected chi connectivity index (χ0v) is 11.4. The zero-order valence-electron chi connectivity index (χ0n) is 10.6. The van der Waals surface area contributed by atoms with Crippen molar-refractivity contribution in [3.8, 4) is 0 Å². The summed E-state index contributed by atoms with van der Waals surface area (Å²) in [5.41, 5.74) is 4.03. The Morgan fingerprint density at radius 2 is 2.00 bits per heavy atom. The number of alkyl halides is 3. The Balaban J connectivity index is 3.32. The van der Waals surface area contributed by atoms with Crippen molar-refractivity contribution >= 4 is 21.5 Å². The molecule has 9 heteroatoms. The number of rotatable bonds is 5. The van der Waals surface area contributed by atoms with Crippen LogP contribution in [0.5, 0.6) is 0 Å². The van der Waals surface area contributed by atoms with Gasteiger partial charge in [-0.15, -0.1) is 0 Å². The van der Waals surface area contributed by atoms with E-state index in [1.165, 1.54) is 13.0 Å². The van der Waals surface area contributed by atoms with Gasteiger partial charge in [0.15, 0.2) is 0 Å². The molecule has 1 aromatic rings. The fourth-order valence-electron chi connectivity index (χ4n) is 1.50. The Kier molecular flexibility index (Phi) is 4.64. The molecule has 3 N–H and O–H groups in total. The summed E-state index contributed by atoms with van der Waals surface area (Å²) in [4.78, 5) is 0. The number of nitrogens with two attached hydrogens (primary N) is 1. The van der Waals surface area contributed by atoms with E-state index in [9.17, 15) is 21.6 Å². The van der Waals surface area contributed by atoms with E-state index in [4.69, 9.17) is 11.1 Å². The van der Waals surface area contributed by atoms with Gasteiger partial charge in [0, 0.05) is 0 Å². The number of nitrogens with one attached hydrogen (secondary N) is 1. The molecule has 0 aliphatic rings. The zero-order chi connectivity index (χ0) is 15.6. The Morgan fingerprint density at radius 3 is 2.45 bits per heavy atom. The second-order valence-electron chi connectivity index (χ2n) is 3.98. The topological polar surface area (TPSA) is 87.2 Å². The standard InChI is InChI=1S/C11H14F3N3O2S/c1-2-20(18,19)17(7-10(15)16)9-5-3-4-8(6-9)11(12,13)14/h3-6H,2,7H2,1H3,(H3,15,16). The van der Waals surface area contributed by atoms with Crippen LogP contribution in [-0.2, 0) is 16.2 Å². The number of hydrogen-bond donors (Lipinski definition) is 2. The summed E-state index contributed by atoms with van der Waals surface area (Å²) < 4.78 is 62.4. The highest BCUT2D eigenvalue weighted by Crippen LogP contribution is 2.32. The lowest BCUT2D eigenvalue weighted by atomic mass is 10.2. The van der Waals surface area contributed by atoms with Crippen molar-refractivity contribution in [2.45, 2.75) is 13.1 Å². The summed E-state index contributed by atoms with van der Waals surface area (Å²) in [7, 11) is -3.83. The number of nitrogens with zero attached hydrogens (tertiary/aromatic N) is 1. The van der Waals surface area contributed by atoms with Crippen LogP contribution < -0.4 is 10.0 Å². The van der Waals surface area contributed by atoms with Gasteiger partial charge < -0.3 is 5.73 Å². The van der Waals surface area contributed by atoms with E-state index in [-0.39, 0.29) is 11.4 Å². The van der Waals surface area contributed by atoms with Gasteiger partial charge in [-0.25, -0.2) is 8.42 Å². The van der Waals surface area contributed by atoms with Gasteiger partial charge in [0.1, 0.15) is 5.84 Å². The molecule has 0 saturated carbocycles. The number of anilines is 1. The third-order valence-corrected chi connectivity index (χ3v) is 4.22. The van der Waals surface area contributed by atoms with E-state index in [1.807, 2.05) is 0 Å². The molecule has 0 spiro atoms. The first-order valence-corrected chi connectivity index (χ1v) is 7.19. The second-order valence-corrected chi connectivity index (χ2v) is 6.16. The maximum absolute atomic E-state index is 12.6. The van der Waals surface area contributed by atoms with Gasteiger partial charge >= 0.3 is 6.18 Å². The monoisotopic (exact) mass is 309 g/mol. The van der Waals surface area contributed by atoms with Crippen molar-refractivity contribution in [2.75, 3.05) is 16.6 Å². The normalized spacial score (nSPS) is 12.2. The molecule has 5 nitrogen and oxygen atoms in total. The molecular weight excluding hydrogens is 295 g/mol. The summed E-state index contributed by atoms with van der Waals surface area (Å²) in [6.45, 7) is 0.869. The molecule has 112 valence electrons. The molecular formula is C11H14F3N3O2S. The average molecular weight is 309 g/mol. The Hall–Kier alpha value is -1.77. The minimum atomic E-state index is -4.58. The quantitative estimate of drug-likeness (QED) is 0.642. The fourth-order valence-corrected chi connectivity index (χ4v) is 2.58. The second kappa shape index (κ2) is 5.70. The third kappa shape index (κ3) is 3.86. The van der Waals surface area contributed by atoms with Crippen molar-refractivity contribution in [3.63, 3.8) is 0 Å². The lowest BCUT2D eigenvalue weighted by molar-refractivity contribution is -0.137. The minimum Gasteiger partial charge on any atom is -0.386 e. The smallest absolute Gasteiger partial charge is 0.386 e. The Labute approximate surface area is 114 Å². The molecule has 0 bridgehead atoms. The van der Waals surface area contributed by atoms with E-state index >= 15 is 0 Å². The molecule has 0 radical (unpaired) electrons. The molecule has 1 rings (SSSR count). The largest absolute Gasteiger partial charge is 0.416 e. The van der Waals surface area contributed by atoms with Crippen LogP contribution in [0.25, 0.3) is 0 Å². The molecule has 0 saturated heterocycles. The van der Waals surface area contributed by atoms with E-state index in [1.54, 1.807) is 0 Å². The van der Waals surface area contributed by atoms with Gasteiger partial charge in [0.05, 0.1) is 23.5 Å². The Morgan fingerprint density at radius 1 is 1.40 bits per heavy atom. The number of sulfonamides is 1. The van der Waals surface area contributed by atoms with Crippen molar-refractivity contribution in [2.24, 2.45) is 5.73 Å². The van der Waals surface area contributed by atoms with Gasteiger partial charge in [-0.2, -0.15) is 13.2 Å². The molecule has 0 heterocycles. The van der Waals surface area contributed by atoms with Crippen LogP contribution in [-0.4, -0.2) is 26.6 Å². The van der Waals surface area contributed by atoms with Crippen LogP contribution in [0.2, 0.25) is 0 Å². The maximum atomic E-state index is 12.6. The van der Waals surface area contributed by atoms with Crippen molar-refractivity contribution < 1.29 is 21.6 Å². The molecule has 0 unspecified atom stereocenters. The van der Waals surface area contributed by atoms with Gasteiger partial charge in [-0.1, -0.05) is 6.07 Å². The van der Waals surface area contributed by atoms with E-state index in [0.717, 1.165) is 18.2 Å². The van der Waals surface area contributed by atoms with Crippen LogP contribution in [0, 0.1) is 5.41 Å². The number of benzene rings is 1. The van der Waals surface area contributed by atoms with Crippen LogP contribution in [0.3, 0.4) is 0 Å². The van der Waals surface area contributed by atoms with E-state index < -0.39 is 34.1 Å². The Bertz CT molecular complexity index is 599. The first kappa shape index (κ1) is 16.3. The number of halogens is 3. The fraction of sp³-hybridized carbons (Fsp3) is 0.364. The molecule has 1 aromatic carbocycles. The first-order chi connectivity index (χ1) is 9.08. The van der Waals surface area contributed by atoms with Gasteiger partial charge in [-0.05, 0) is 25.1 Å². The van der Waals surface area contributed by atoms with Gasteiger partial charge in [0.25, 0.3) is 0 Å². The highest BCUT2D eigenvalue weighted by molar-refractivity contribution is 7.92. The van der Waals surface area contributed by atoms with Crippen molar-refractivity contribution in [1.82, 2.24) is 0 Å². The maximum Gasteiger partial charge on any atom is 0.416 e. The number of hydrogen-bond acceptors (Lipinski definition) is 3. The highest BCUT2D eigenvalue weighted by atomic mass is 32.2.